The number of ether oxygens (including phenoxy) is 3. The Labute approximate surface area is 172 Å². The van der Waals surface area contributed by atoms with Crippen LogP contribution in [0.5, 0.6) is 0 Å². The number of ketones is 1. The smallest absolute Gasteiger partial charge is 0.314 e. The Bertz CT molecular complexity index is 793. The average molecular weight is 433 g/mol. The van der Waals surface area contributed by atoms with Gasteiger partial charge in [0.25, 0.3) is 0 Å². The van der Waals surface area contributed by atoms with Crippen molar-refractivity contribution in [3.8, 4) is 0 Å². The van der Waals surface area contributed by atoms with Gasteiger partial charge in [-0.2, -0.15) is 0 Å². The minimum Gasteiger partial charge on any atom is -0.327 e. The molecule has 0 aliphatic heterocycles. The number of rotatable bonds is 9. The van der Waals surface area contributed by atoms with E-state index in [0.717, 1.165) is 38.4 Å². The number of methoxy groups -OCH3 is 1. The summed E-state index contributed by atoms with van der Waals surface area (Å²) in [5, 5.41) is 0.00208. The Balaban J connectivity index is 2.70. The second-order valence-corrected chi connectivity index (χ2v) is 9.26. The first-order valence-electron chi connectivity index (χ1n) is 9.62. The van der Waals surface area contributed by atoms with Gasteiger partial charge >= 0.3 is 5.97 Å². The molecule has 8 heteroatoms. The van der Waals surface area contributed by atoms with Crippen LogP contribution >= 0.6 is 11.6 Å². The van der Waals surface area contributed by atoms with Gasteiger partial charge in [0.15, 0.2) is 15.6 Å². The van der Waals surface area contributed by atoms with Crippen LogP contribution in [0.4, 0.5) is 0 Å². The zero-order chi connectivity index (χ0) is 20.9. The normalized spacial score (nSPS) is 16.3. The van der Waals surface area contributed by atoms with Gasteiger partial charge in [-0.05, 0) is 38.8 Å². The van der Waals surface area contributed by atoms with Gasteiger partial charge in [-0.25, -0.2) is 8.42 Å². The van der Waals surface area contributed by atoms with Gasteiger partial charge in [-0.3, -0.25) is 4.79 Å². The second-order valence-electron chi connectivity index (χ2n) is 6.90. The fourth-order valence-electron chi connectivity index (χ4n) is 3.71. The lowest BCUT2D eigenvalue weighted by molar-refractivity contribution is -0.382. The molecule has 0 heterocycles. The molecule has 1 saturated carbocycles. The predicted octanol–water partition coefficient (Wildman–Crippen LogP) is 4.34. The predicted molar refractivity (Wildman–Crippen MR) is 107 cm³/mol. The number of carbonyl (C=O) groups excluding carboxylic acids is 1. The lowest BCUT2D eigenvalue weighted by Gasteiger charge is -2.34. The van der Waals surface area contributed by atoms with E-state index in [1.165, 1.54) is 19.2 Å². The van der Waals surface area contributed by atoms with Gasteiger partial charge in [-0.15, -0.1) is 0 Å². The molecule has 1 fully saturated rings. The summed E-state index contributed by atoms with van der Waals surface area (Å²) >= 11 is 6.64. The third kappa shape index (κ3) is 4.76. The summed E-state index contributed by atoms with van der Waals surface area (Å²) in [6.07, 6.45) is 5.82. The molecule has 0 spiro atoms. The van der Waals surface area contributed by atoms with Crippen LogP contribution in [-0.4, -0.2) is 40.8 Å². The third-order valence-corrected chi connectivity index (χ3v) is 6.52. The molecule has 0 atom stereocenters. The monoisotopic (exact) mass is 432 g/mol. The van der Waals surface area contributed by atoms with E-state index in [0.29, 0.717) is 0 Å². The van der Waals surface area contributed by atoms with Crippen LogP contribution in [0.3, 0.4) is 0 Å². The molecule has 2 rings (SSSR count). The maximum absolute atomic E-state index is 13.1. The molecule has 0 bridgehead atoms. The number of hydrogen-bond acceptors (Lipinski definition) is 6. The molecule has 1 aliphatic carbocycles. The maximum Gasteiger partial charge on any atom is 0.314 e. The van der Waals surface area contributed by atoms with E-state index in [1.54, 1.807) is 13.8 Å². The molecule has 0 aromatic heterocycles. The fourth-order valence-corrected chi connectivity index (χ4v) is 5.06. The van der Waals surface area contributed by atoms with Crippen LogP contribution < -0.4 is 0 Å². The van der Waals surface area contributed by atoms with Gasteiger partial charge in [0.1, 0.15) is 0 Å². The molecule has 6 nitrogen and oxygen atoms in total. The van der Waals surface area contributed by atoms with Crippen molar-refractivity contribution >= 4 is 27.2 Å². The highest BCUT2D eigenvalue weighted by Crippen LogP contribution is 2.41. The highest BCUT2D eigenvalue weighted by atomic mass is 35.5. The minimum absolute atomic E-state index is 0.00208. The average Bonchev–Trinajstić information content (AvgIpc) is 2.67. The van der Waals surface area contributed by atoms with Gasteiger partial charge in [0.2, 0.25) is 0 Å². The first-order chi connectivity index (χ1) is 13.2. The lowest BCUT2D eigenvalue weighted by Crippen LogP contribution is -2.37. The summed E-state index contributed by atoms with van der Waals surface area (Å²) in [5.74, 6) is -2.01. The van der Waals surface area contributed by atoms with E-state index in [1.807, 2.05) is 0 Å². The maximum atomic E-state index is 13.1. The van der Waals surface area contributed by atoms with Gasteiger partial charge < -0.3 is 14.2 Å². The van der Waals surface area contributed by atoms with E-state index in [2.05, 4.69) is 0 Å². The minimum atomic E-state index is -3.69. The van der Waals surface area contributed by atoms with Crippen molar-refractivity contribution in [3.05, 3.63) is 28.3 Å². The van der Waals surface area contributed by atoms with E-state index in [4.69, 9.17) is 25.8 Å². The number of carbonyl (C=O) groups is 1. The first kappa shape index (κ1) is 23.3. The first-order valence-corrected chi connectivity index (χ1v) is 11.9. The summed E-state index contributed by atoms with van der Waals surface area (Å²) in [4.78, 5) is 13.0. The zero-order valence-corrected chi connectivity index (χ0v) is 18.5. The Morgan fingerprint density at radius 3 is 2.18 bits per heavy atom. The van der Waals surface area contributed by atoms with Crippen molar-refractivity contribution in [2.24, 2.45) is 5.92 Å². The van der Waals surface area contributed by atoms with Crippen LogP contribution in [0, 0.1) is 5.92 Å². The van der Waals surface area contributed by atoms with E-state index in [-0.39, 0.29) is 46.0 Å². The highest BCUT2D eigenvalue weighted by molar-refractivity contribution is 7.90. The van der Waals surface area contributed by atoms with Crippen LogP contribution in [0.25, 0.3) is 0 Å². The topological polar surface area (TPSA) is 78.9 Å². The van der Waals surface area contributed by atoms with Gasteiger partial charge in [-0.1, -0.05) is 30.9 Å². The number of Topliss-reactive ketones (excluding diaryl/α,β-unsaturated/α-hetero) is 1. The van der Waals surface area contributed by atoms with Crippen molar-refractivity contribution in [2.75, 3.05) is 26.6 Å². The molecule has 0 saturated heterocycles. The molecule has 158 valence electrons. The molecule has 0 N–H and O–H groups in total. The van der Waals surface area contributed by atoms with Crippen LogP contribution in [0.1, 0.15) is 61.9 Å². The quantitative estimate of drug-likeness (QED) is 0.426. The highest BCUT2D eigenvalue weighted by Gasteiger charge is 2.42. The molecular formula is C20H29ClO6S. The second kappa shape index (κ2) is 9.67. The number of sulfone groups is 1. The summed E-state index contributed by atoms with van der Waals surface area (Å²) in [6.45, 7) is 3.85. The summed E-state index contributed by atoms with van der Waals surface area (Å²) in [6, 6.07) is 2.87. The summed E-state index contributed by atoms with van der Waals surface area (Å²) in [5.41, 5.74) is 0.293. The van der Waals surface area contributed by atoms with Gasteiger partial charge in [0, 0.05) is 38.1 Å². The van der Waals surface area contributed by atoms with E-state index < -0.39 is 15.8 Å². The van der Waals surface area contributed by atoms with E-state index in [9.17, 15) is 13.2 Å². The van der Waals surface area contributed by atoms with Crippen molar-refractivity contribution in [1.29, 1.82) is 0 Å². The van der Waals surface area contributed by atoms with Crippen molar-refractivity contribution in [2.45, 2.75) is 56.8 Å². The summed E-state index contributed by atoms with van der Waals surface area (Å²) in [7, 11) is -2.34. The SMILES string of the molecule is CCOC(OC)(OCC)c1c(S(C)(=O)=O)ccc(C(=O)C2CCCCC2)c1Cl. The number of halogens is 1. The lowest BCUT2D eigenvalue weighted by atomic mass is 9.83. The molecule has 1 aromatic rings. The van der Waals surface area contributed by atoms with Crippen LogP contribution in [0.15, 0.2) is 17.0 Å². The number of hydrogen-bond donors (Lipinski definition) is 0. The largest absolute Gasteiger partial charge is 0.327 e. The van der Waals surface area contributed by atoms with Crippen LogP contribution in [0.2, 0.25) is 5.02 Å². The number of benzene rings is 1. The Kier molecular flexibility index (Phi) is 8.05. The Morgan fingerprint density at radius 1 is 1.14 bits per heavy atom. The van der Waals surface area contributed by atoms with E-state index >= 15 is 0 Å². The standard InChI is InChI=1S/C20H29ClO6S/c1-5-26-20(25-3,27-6-2)17-16(28(4,23)24)13-12-15(18(17)21)19(22)14-10-8-7-9-11-14/h12-14H,5-11H2,1-4H3. The van der Waals surface area contributed by atoms with Crippen molar-refractivity contribution < 1.29 is 27.4 Å². The molecule has 28 heavy (non-hydrogen) atoms. The molecule has 1 aromatic carbocycles. The van der Waals surface area contributed by atoms with Crippen molar-refractivity contribution in [3.63, 3.8) is 0 Å². The Morgan fingerprint density at radius 2 is 1.71 bits per heavy atom. The molecule has 1 aliphatic rings. The molecule has 0 unspecified atom stereocenters. The molecule has 0 radical (unpaired) electrons. The fraction of sp³-hybridized carbons (Fsp3) is 0.650. The van der Waals surface area contributed by atoms with Crippen LogP contribution in [-0.2, 0) is 30.0 Å². The molecular weight excluding hydrogens is 404 g/mol. The zero-order valence-electron chi connectivity index (χ0n) is 16.9. The summed E-state index contributed by atoms with van der Waals surface area (Å²) < 4.78 is 41.8. The van der Waals surface area contributed by atoms with Gasteiger partial charge in [0.05, 0.1) is 15.5 Å². The molecule has 0 amide bonds. The Hall–Kier alpha value is -0.990. The van der Waals surface area contributed by atoms with Crippen molar-refractivity contribution in [1.82, 2.24) is 0 Å². The third-order valence-electron chi connectivity index (χ3n) is 4.99.